The van der Waals surface area contributed by atoms with E-state index in [0.717, 1.165) is 23.9 Å². The first-order valence-corrected chi connectivity index (χ1v) is 10.8. The molecule has 1 heterocycles. The second-order valence-electron chi connectivity index (χ2n) is 6.95. The molecule has 0 radical (unpaired) electrons. The van der Waals surface area contributed by atoms with Crippen molar-refractivity contribution in [1.29, 1.82) is 0 Å². The molecular weight excluding hydrogens is 474 g/mol. The van der Waals surface area contributed by atoms with Gasteiger partial charge in [0.15, 0.2) is 5.16 Å². The molecule has 0 unspecified atom stereocenters. The molecule has 2 amide bonds. The highest BCUT2D eigenvalue weighted by atomic mass is 32.2. The Kier molecular flexibility index (Phi) is 8.05. The van der Waals surface area contributed by atoms with Crippen molar-refractivity contribution in [3.05, 3.63) is 78.4 Å². The van der Waals surface area contributed by atoms with Crippen LogP contribution in [0.25, 0.3) is 0 Å². The quantitative estimate of drug-likeness (QED) is 0.260. The zero-order valence-electron chi connectivity index (χ0n) is 17.6. The molecule has 0 atom stereocenters. The predicted octanol–water partition coefficient (Wildman–Crippen LogP) is 4.53. The van der Waals surface area contributed by atoms with E-state index in [-0.39, 0.29) is 36.1 Å². The highest BCUT2D eigenvalue weighted by molar-refractivity contribution is 7.99. The summed E-state index contributed by atoms with van der Waals surface area (Å²) in [5.74, 6) is -1.13. The van der Waals surface area contributed by atoms with Crippen LogP contribution in [0.15, 0.2) is 66.3 Å². The van der Waals surface area contributed by atoms with E-state index in [0.29, 0.717) is 10.8 Å². The Hall–Kier alpha value is -3.67. The minimum atomic E-state index is -4.53. The van der Waals surface area contributed by atoms with Gasteiger partial charge >= 0.3 is 6.18 Å². The van der Waals surface area contributed by atoms with E-state index in [1.54, 1.807) is 10.6 Å². The van der Waals surface area contributed by atoms with Crippen LogP contribution in [0.4, 0.5) is 28.9 Å². The summed E-state index contributed by atoms with van der Waals surface area (Å²) in [6.45, 7) is 3.90. The van der Waals surface area contributed by atoms with Gasteiger partial charge in [-0.3, -0.25) is 9.59 Å². The van der Waals surface area contributed by atoms with Crippen LogP contribution in [0, 0.1) is 5.82 Å². The molecule has 0 saturated carbocycles. The summed E-state index contributed by atoms with van der Waals surface area (Å²) >= 11 is 1.07. The van der Waals surface area contributed by atoms with Gasteiger partial charge in [0.1, 0.15) is 11.6 Å². The van der Waals surface area contributed by atoms with Gasteiger partial charge in [0.25, 0.3) is 0 Å². The third-order valence-electron chi connectivity index (χ3n) is 4.36. The smallest absolute Gasteiger partial charge is 0.326 e. The average Bonchev–Trinajstić information content (AvgIpc) is 3.15. The summed E-state index contributed by atoms with van der Waals surface area (Å²) in [7, 11) is 0. The molecule has 0 saturated heterocycles. The van der Waals surface area contributed by atoms with E-state index in [1.165, 1.54) is 36.4 Å². The minimum absolute atomic E-state index is 0.00155. The number of amides is 2. The maximum absolute atomic E-state index is 13.0. The fraction of sp³-hybridized carbons (Fsp3) is 0.182. The molecule has 2 N–H and O–H groups in total. The second-order valence-corrected chi connectivity index (χ2v) is 7.89. The van der Waals surface area contributed by atoms with Crippen LogP contribution in [-0.2, 0) is 28.7 Å². The molecular formula is C22H19F4N5O2S. The molecule has 0 spiro atoms. The fourth-order valence-corrected chi connectivity index (χ4v) is 3.62. The van der Waals surface area contributed by atoms with Gasteiger partial charge in [-0.1, -0.05) is 23.9 Å². The number of nitrogens with zero attached hydrogens (tertiary/aromatic N) is 3. The lowest BCUT2D eigenvalue weighted by atomic mass is 10.2. The molecule has 3 rings (SSSR count). The van der Waals surface area contributed by atoms with Crippen LogP contribution in [0.3, 0.4) is 0 Å². The van der Waals surface area contributed by atoms with Crippen LogP contribution >= 0.6 is 11.8 Å². The Balaban J connectivity index is 1.63. The van der Waals surface area contributed by atoms with E-state index < -0.39 is 23.5 Å². The lowest BCUT2D eigenvalue weighted by Crippen LogP contribution is -2.18. The molecule has 0 aliphatic carbocycles. The number of carbonyl (C=O) groups excluding carboxylic acids is 2. The Morgan fingerprint density at radius 1 is 1.03 bits per heavy atom. The molecule has 1 aromatic heterocycles. The molecule has 2 aromatic carbocycles. The molecule has 7 nitrogen and oxygen atoms in total. The largest absolute Gasteiger partial charge is 0.416 e. The number of rotatable bonds is 9. The van der Waals surface area contributed by atoms with Crippen LogP contribution in [-0.4, -0.2) is 32.3 Å². The molecule has 0 aliphatic rings. The number of hydrogen-bond acceptors (Lipinski definition) is 5. The highest BCUT2D eigenvalue weighted by Gasteiger charge is 2.30. The first kappa shape index (κ1) is 25.0. The van der Waals surface area contributed by atoms with E-state index >= 15 is 0 Å². The summed E-state index contributed by atoms with van der Waals surface area (Å²) in [4.78, 5) is 24.6. The van der Waals surface area contributed by atoms with Crippen molar-refractivity contribution < 1.29 is 27.2 Å². The first-order chi connectivity index (χ1) is 16.2. The van der Waals surface area contributed by atoms with Crippen LogP contribution in [0.5, 0.6) is 0 Å². The average molecular weight is 493 g/mol. The molecule has 178 valence electrons. The monoisotopic (exact) mass is 493 g/mol. The van der Waals surface area contributed by atoms with Gasteiger partial charge in [0.2, 0.25) is 11.8 Å². The number of aromatic nitrogens is 3. The van der Waals surface area contributed by atoms with Crippen molar-refractivity contribution >= 4 is 35.0 Å². The van der Waals surface area contributed by atoms with Gasteiger partial charge in [-0.15, -0.1) is 16.8 Å². The van der Waals surface area contributed by atoms with Crippen molar-refractivity contribution in [3.63, 3.8) is 0 Å². The van der Waals surface area contributed by atoms with Crippen LogP contribution in [0.2, 0.25) is 0 Å². The third-order valence-corrected chi connectivity index (χ3v) is 5.32. The zero-order valence-corrected chi connectivity index (χ0v) is 18.4. The molecule has 0 aliphatic heterocycles. The summed E-state index contributed by atoms with van der Waals surface area (Å²) in [5, 5.41) is 13.4. The summed E-state index contributed by atoms with van der Waals surface area (Å²) in [5.41, 5.74) is -0.439. The summed E-state index contributed by atoms with van der Waals surface area (Å²) in [6.07, 6.45) is -3.22. The van der Waals surface area contributed by atoms with Crippen molar-refractivity contribution in [3.8, 4) is 0 Å². The van der Waals surface area contributed by atoms with Crippen LogP contribution < -0.4 is 10.6 Å². The van der Waals surface area contributed by atoms with Crippen molar-refractivity contribution in [2.45, 2.75) is 24.3 Å². The number of carbonyl (C=O) groups is 2. The lowest BCUT2D eigenvalue weighted by Gasteiger charge is -2.10. The van der Waals surface area contributed by atoms with Crippen molar-refractivity contribution in [2.24, 2.45) is 0 Å². The molecule has 34 heavy (non-hydrogen) atoms. The topological polar surface area (TPSA) is 88.9 Å². The standard InChI is InChI=1S/C22H19F4N5O2S/c1-2-10-31-18(12-19(32)28-17-5-3-4-14(11-17)22(24,25)26)29-30-21(31)34-13-20(33)27-16-8-6-15(23)7-9-16/h2-9,11H,1,10,12-13H2,(H,27,33)(H,28,32). The Bertz CT molecular complexity index is 1180. The SMILES string of the molecule is C=CCn1c(CC(=O)Nc2cccc(C(F)(F)F)c2)nnc1SCC(=O)Nc1ccc(F)cc1. The van der Waals surface area contributed by atoms with E-state index in [9.17, 15) is 27.2 Å². The number of hydrogen-bond donors (Lipinski definition) is 2. The molecule has 3 aromatic rings. The molecule has 0 fully saturated rings. The van der Waals surface area contributed by atoms with Gasteiger partial charge in [0, 0.05) is 17.9 Å². The second kappa shape index (κ2) is 11.0. The number of halogens is 4. The number of nitrogens with one attached hydrogen (secondary N) is 2. The van der Waals surface area contributed by atoms with Gasteiger partial charge in [-0.25, -0.2) is 4.39 Å². The molecule has 12 heteroatoms. The highest BCUT2D eigenvalue weighted by Crippen LogP contribution is 2.30. The van der Waals surface area contributed by atoms with E-state index in [1.807, 2.05) is 0 Å². The Morgan fingerprint density at radius 2 is 1.74 bits per heavy atom. The number of alkyl halides is 3. The first-order valence-electron chi connectivity index (χ1n) is 9.84. The van der Waals surface area contributed by atoms with Gasteiger partial charge in [-0.05, 0) is 42.5 Å². The fourth-order valence-electron chi connectivity index (χ4n) is 2.85. The van der Waals surface area contributed by atoms with Gasteiger partial charge in [-0.2, -0.15) is 13.2 Å². The number of benzene rings is 2. The predicted molar refractivity (Wildman–Crippen MR) is 120 cm³/mol. The third kappa shape index (κ3) is 6.91. The number of anilines is 2. The van der Waals surface area contributed by atoms with Crippen molar-refractivity contribution in [2.75, 3.05) is 16.4 Å². The maximum atomic E-state index is 13.0. The normalized spacial score (nSPS) is 11.2. The van der Waals surface area contributed by atoms with Gasteiger partial charge < -0.3 is 15.2 Å². The van der Waals surface area contributed by atoms with Crippen LogP contribution in [0.1, 0.15) is 11.4 Å². The Morgan fingerprint density at radius 3 is 2.41 bits per heavy atom. The number of thioether (sulfide) groups is 1. The Labute approximate surface area is 196 Å². The summed E-state index contributed by atoms with van der Waals surface area (Å²) < 4.78 is 53.2. The maximum Gasteiger partial charge on any atom is 0.416 e. The zero-order chi connectivity index (χ0) is 24.7. The van der Waals surface area contributed by atoms with E-state index in [4.69, 9.17) is 0 Å². The summed E-state index contributed by atoms with van der Waals surface area (Å²) in [6, 6.07) is 9.60. The van der Waals surface area contributed by atoms with Gasteiger partial charge in [0.05, 0.1) is 17.7 Å². The van der Waals surface area contributed by atoms with E-state index in [2.05, 4.69) is 27.4 Å². The van der Waals surface area contributed by atoms with Crippen molar-refractivity contribution in [1.82, 2.24) is 14.8 Å². The number of allylic oxidation sites excluding steroid dienone is 1. The minimum Gasteiger partial charge on any atom is -0.326 e. The lowest BCUT2D eigenvalue weighted by molar-refractivity contribution is -0.137. The molecule has 0 bridgehead atoms.